The van der Waals surface area contributed by atoms with Crippen molar-refractivity contribution in [3.8, 4) is 17.2 Å². The largest absolute Gasteiger partial charge is 0.489 e. The minimum absolute atomic E-state index is 0.0534. The molecular formula is C23H21FN2O5. The zero-order valence-electron chi connectivity index (χ0n) is 16.5. The van der Waals surface area contributed by atoms with Gasteiger partial charge in [0.25, 0.3) is 0 Å². The molecule has 1 aliphatic rings. The average molecular weight is 424 g/mol. The van der Waals surface area contributed by atoms with Gasteiger partial charge in [-0.25, -0.2) is 9.18 Å². The summed E-state index contributed by atoms with van der Waals surface area (Å²) >= 11 is 0. The smallest absolute Gasteiger partial charge is 0.319 e. The third kappa shape index (κ3) is 5.43. The lowest BCUT2D eigenvalue weighted by atomic mass is 10.1. The average Bonchev–Trinajstić information content (AvgIpc) is 3.24. The Balaban J connectivity index is 1.28. The maximum absolute atomic E-state index is 13.2. The Morgan fingerprint density at radius 1 is 1.06 bits per heavy atom. The van der Waals surface area contributed by atoms with Crippen LogP contribution in [0.3, 0.4) is 0 Å². The number of hydrogen-bond donors (Lipinski definition) is 3. The number of aliphatic hydroxyl groups is 1. The van der Waals surface area contributed by atoms with Gasteiger partial charge in [0.15, 0.2) is 11.5 Å². The number of ether oxygens (including phenoxy) is 3. The van der Waals surface area contributed by atoms with E-state index in [1.54, 1.807) is 42.5 Å². The highest BCUT2D eigenvalue weighted by atomic mass is 19.1. The number of nitrogens with one attached hydrogen (secondary N) is 2. The van der Waals surface area contributed by atoms with Crippen LogP contribution in [0.4, 0.5) is 14.9 Å². The number of anilines is 1. The molecule has 0 spiro atoms. The van der Waals surface area contributed by atoms with Gasteiger partial charge in [0.2, 0.25) is 6.79 Å². The topological polar surface area (TPSA) is 89.1 Å². The Morgan fingerprint density at radius 2 is 1.90 bits per heavy atom. The molecule has 0 saturated heterocycles. The lowest BCUT2D eigenvalue weighted by Gasteiger charge is -2.13. The molecule has 0 radical (unpaired) electrons. The molecule has 1 unspecified atom stereocenters. The number of hydrogen-bond acceptors (Lipinski definition) is 5. The van der Waals surface area contributed by atoms with Gasteiger partial charge in [-0.2, -0.15) is 0 Å². The monoisotopic (exact) mass is 424 g/mol. The molecule has 160 valence electrons. The summed E-state index contributed by atoms with van der Waals surface area (Å²) in [6.45, 7) is 0.450. The first-order valence-corrected chi connectivity index (χ1v) is 9.66. The summed E-state index contributed by atoms with van der Waals surface area (Å²) in [6, 6.07) is 17.7. The Kier molecular flexibility index (Phi) is 6.18. The Morgan fingerprint density at radius 3 is 2.77 bits per heavy atom. The van der Waals surface area contributed by atoms with Gasteiger partial charge in [-0.05, 0) is 47.5 Å². The summed E-state index contributed by atoms with van der Waals surface area (Å²) in [5, 5.41) is 15.4. The first kappa shape index (κ1) is 20.5. The van der Waals surface area contributed by atoms with Gasteiger partial charge in [-0.3, -0.25) is 0 Å². The van der Waals surface area contributed by atoms with Gasteiger partial charge in [0, 0.05) is 18.3 Å². The van der Waals surface area contributed by atoms with Gasteiger partial charge >= 0.3 is 6.03 Å². The van der Waals surface area contributed by atoms with Crippen molar-refractivity contribution in [2.45, 2.75) is 12.7 Å². The molecule has 3 aromatic carbocycles. The lowest BCUT2D eigenvalue weighted by molar-refractivity contribution is 0.173. The molecule has 0 fully saturated rings. The summed E-state index contributed by atoms with van der Waals surface area (Å²) in [7, 11) is 0. The van der Waals surface area contributed by atoms with Crippen LogP contribution in [0, 0.1) is 5.82 Å². The van der Waals surface area contributed by atoms with E-state index in [2.05, 4.69) is 10.6 Å². The van der Waals surface area contributed by atoms with E-state index in [0.29, 0.717) is 35.1 Å². The van der Waals surface area contributed by atoms with Crippen LogP contribution in [-0.4, -0.2) is 24.5 Å². The standard InChI is InChI=1S/C23H21FN2O5/c24-17-5-2-4-16(10-17)20(27)12-25-23(28)26-18-6-1-3-15(9-18)13-29-19-7-8-21-22(11-19)31-14-30-21/h1-11,20,27H,12-14H2,(H2,25,26,28). The van der Waals surface area contributed by atoms with Crippen LogP contribution < -0.4 is 24.8 Å². The van der Waals surface area contributed by atoms with E-state index in [0.717, 1.165) is 5.56 Å². The summed E-state index contributed by atoms with van der Waals surface area (Å²) in [4.78, 5) is 12.1. The normalized spacial score (nSPS) is 12.8. The number of aliphatic hydroxyl groups excluding tert-OH is 1. The zero-order valence-corrected chi connectivity index (χ0v) is 16.5. The van der Waals surface area contributed by atoms with Crippen LogP contribution in [-0.2, 0) is 6.61 Å². The predicted molar refractivity (Wildman–Crippen MR) is 112 cm³/mol. The molecule has 3 N–H and O–H groups in total. The fraction of sp³-hybridized carbons (Fsp3) is 0.174. The third-order valence-corrected chi connectivity index (χ3v) is 4.62. The van der Waals surface area contributed by atoms with Crippen LogP contribution in [0.1, 0.15) is 17.2 Å². The molecule has 4 rings (SSSR count). The molecule has 7 nitrogen and oxygen atoms in total. The van der Waals surface area contributed by atoms with Crippen LogP contribution in [0.2, 0.25) is 0 Å². The van der Waals surface area contributed by atoms with Crippen molar-refractivity contribution >= 4 is 11.7 Å². The SMILES string of the molecule is O=C(NCC(O)c1cccc(F)c1)Nc1cccc(COc2ccc3c(c2)OCO3)c1. The number of benzene rings is 3. The van der Waals surface area contributed by atoms with Crippen LogP contribution >= 0.6 is 0 Å². The number of amides is 2. The molecular weight excluding hydrogens is 403 g/mol. The fourth-order valence-electron chi connectivity index (χ4n) is 3.07. The number of fused-ring (bicyclic) bond motifs is 1. The molecule has 0 aliphatic carbocycles. The van der Waals surface area contributed by atoms with Crippen molar-refractivity contribution < 1.29 is 28.5 Å². The van der Waals surface area contributed by atoms with Crippen LogP contribution in [0.25, 0.3) is 0 Å². The molecule has 2 amide bonds. The molecule has 1 aliphatic heterocycles. The molecule has 31 heavy (non-hydrogen) atoms. The van der Waals surface area contributed by atoms with E-state index >= 15 is 0 Å². The minimum atomic E-state index is -1.01. The van der Waals surface area contributed by atoms with E-state index in [4.69, 9.17) is 14.2 Å². The molecule has 0 aromatic heterocycles. The summed E-state index contributed by atoms with van der Waals surface area (Å²) in [5.41, 5.74) is 1.82. The molecule has 0 bridgehead atoms. The highest BCUT2D eigenvalue weighted by Crippen LogP contribution is 2.35. The van der Waals surface area contributed by atoms with E-state index in [-0.39, 0.29) is 13.3 Å². The summed E-state index contributed by atoms with van der Waals surface area (Å²) in [5.74, 6) is 1.53. The highest BCUT2D eigenvalue weighted by Gasteiger charge is 2.14. The van der Waals surface area contributed by atoms with Gasteiger partial charge < -0.3 is 30.0 Å². The first-order chi connectivity index (χ1) is 15.1. The molecule has 8 heteroatoms. The van der Waals surface area contributed by atoms with Crippen molar-refractivity contribution in [2.24, 2.45) is 0 Å². The molecule has 0 saturated carbocycles. The minimum Gasteiger partial charge on any atom is -0.489 e. The van der Waals surface area contributed by atoms with Crippen molar-refractivity contribution in [1.82, 2.24) is 5.32 Å². The van der Waals surface area contributed by atoms with E-state index in [1.165, 1.54) is 18.2 Å². The fourth-order valence-corrected chi connectivity index (χ4v) is 3.07. The summed E-state index contributed by atoms with van der Waals surface area (Å²) < 4.78 is 29.6. The first-order valence-electron chi connectivity index (χ1n) is 9.66. The van der Waals surface area contributed by atoms with Gasteiger partial charge in [0.1, 0.15) is 18.2 Å². The number of carbonyl (C=O) groups is 1. The molecule has 3 aromatic rings. The Bertz CT molecular complexity index is 1080. The van der Waals surface area contributed by atoms with Gasteiger partial charge in [-0.15, -0.1) is 0 Å². The number of carbonyl (C=O) groups excluding carboxylic acids is 1. The Hall–Kier alpha value is -3.78. The second-order valence-corrected chi connectivity index (χ2v) is 6.91. The van der Waals surface area contributed by atoms with Crippen molar-refractivity contribution in [1.29, 1.82) is 0 Å². The molecule has 1 heterocycles. The van der Waals surface area contributed by atoms with Gasteiger partial charge in [0.05, 0.1) is 6.10 Å². The lowest BCUT2D eigenvalue weighted by Crippen LogP contribution is -2.32. The Labute approximate surface area is 178 Å². The maximum Gasteiger partial charge on any atom is 0.319 e. The summed E-state index contributed by atoms with van der Waals surface area (Å²) in [6.07, 6.45) is -1.01. The van der Waals surface area contributed by atoms with E-state index in [9.17, 15) is 14.3 Å². The maximum atomic E-state index is 13.2. The second kappa shape index (κ2) is 9.36. The number of urea groups is 1. The van der Waals surface area contributed by atoms with Crippen LogP contribution in [0.15, 0.2) is 66.7 Å². The van der Waals surface area contributed by atoms with E-state index < -0.39 is 18.0 Å². The van der Waals surface area contributed by atoms with Crippen molar-refractivity contribution in [3.05, 3.63) is 83.7 Å². The third-order valence-electron chi connectivity index (χ3n) is 4.62. The zero-order chi connectivity index (χ0) is 21.6. The highest BCUT2D eigenvalue weighted by molar-refractivity contribution is 5.89. The quantitative estimate of drug-likeness (QED) is 0.534. The van der Waals surface area contributed by atoms with Crippen LogP contribution in [0.5, 0.6) is 17.2 Å². The van der Waals surface area contributed by atoms with E-state index in [1.807, 2.05) is 6.07 Å². The van der Waals surface area contributed by atoms with Crippen molar-refractivity contribution in [3.63, 3.8) is 0 Å². The number of halogens is 1. The number of rotatable bonds is 7. The second-order valence-electron chi connectivity index (χ2n) is 6.91. The van der Waals surface area contributed by atoms with Crippen molar-refractivity contribution in [2.75, 3.05) is 18.7 Å². The predicted octanol–water partition coefficient (Wildman–Crippen LogP) is 3.99. The molecule has 1 atom stereocenters. The van der Waals surface area contributed by atoms with Gasteiger partial charge in [-0.1, -0.05) is 24.3 Å².